The van der Waals surface area contributed by atoms with E-state index in [4.69, 9.17) is 4.74 Å². The molecule has 24 heavy (non-hydrogen) atoms. The van der Waals surface area contributed by atoms with Crippen LogP contribution in [-0.4, -0.2) is 96.9 Å². The molecule has 3 aliphatic heterocycles. The molecule has 0 bridgehead atoms. The molecular weight excluding hydrogens is 306 g/mol. The Balaban J connectivity index is 1.41. The highest BCUT2D eigenvalue weighted by Gasteiger charge is 2.39. The Morgan fingerprint density at radius 1 is 0.958 bits per heavy atom. The number of ether oxygens (including phenoxy) is 1. The number of morpholine rings is 1. The van der Waals surface area contributed by atoms with Gasteiger partial charge in [-0.3, -0.25) is 9.69 Å². The highest BCUT2D eigenvalue weighted by molar-refractivity contribution is 5.76. The van der Waals surface area contributed by atoms with Crippen LogP contribution in [0, 0.1) is 0 Å². The van der Waals surface area contributed by atoms with E-state index in [1.165, 1.54) is 25.7 Å². The Morgan fingerprint density at radius 3 is 2.38 bits per heavy atom. The van der Waals surface area contributed by atoms with Crippen LogP contribution < -0.4 is 0 Å². The van der Waals surface area contributed by atoms with Crippen molar-refractivity contribution in [2.75, 3.05) is 65.6 Å². The van der Waals surface area contributed by atoms with Gasteiger partial charge in [-0.15, -0.1) is 0 Å². The van der Waals surface area contributed by atoms with Crippen molar-refractivity contribution in [3.05, 3.63) is 0 Å². The van der Waals surface area contributed by atoms with Gasteiger partial charge in [-0.1, -0.05) is 12.8 Å². The first-order valence-corrected chi connectivity index (χ1v) is 9.67. The van der Waals surface area contributed by atoms with Crippen LogP contribution in [0.2, 0.25) is 0 Å². The van der Waals surface area contributed by atoms with Gasteiger partial charge in [-0.05, 0) is 32.4 Å². The fraction of sp³-hybridized carbons (Fsp3) is 0.944. The molecule has 3 fully saturated rings. The third-order valence-corrected chi connectivity index (χ3v) is 5.65. The number of amides is 1. The van der Waals surface area contributed by atoms with Gasteiger partial charge < -0.3 is 19.6 Å². The quantitative estimate of drug-likeness (QED) is 0.793. The van der Waals surface area contributed by atoms with Crippen LogP contribution in [0.4, 0.5) is 0 Å². The summed E-state index contributed by atoms with van der Waals surface area (Å²) < 4.78 is 5.36. The first kappa shape index (κ1) is 18.1. The van der Waals surface area contributed by atoms with Crippen molar-refractivity contribution >= 4 is 5.91 Å². The molecule has 1 N–H and O–H groups in total. The minimum absolute atomic E-state index is 0.206. The predicted octanol–water partition coefficient (Wildman–Crippen LogP) is 0.548. The molecule has 3 aliphatic rings. The summed E-state index contributed by atoms with van der Waals surface area (Å²) >= 11 is 0. The molecule has 0 aromatic carbocycles. The largest absolute Gasteiger partial charge is 0.387 e. The predicted molar refractivity (Wildman–Crippen MR) is 92.9 cm³/mol. The van der Waals surface area contributed by atoms with E-state index in [0.29, 0.717) is 32.5 Å². The molecule has 0 aliphatic carbocycles. The molecule has 138 valence electrons. The van der Waals surface area contributed by atoms with Crippen molar-refractivity contribution in [1.82, 2.24) is 14.7 Å². The van der Waals surface area contributed by atoms with Crippen molar-refractivity contribution < 1.29 is 14.6 Å². The number of hydrogen-bond acceptors (Lipinski definition) is 5. The third kappa shape index (κ3) is 5.15. The lowest BCUT2D eigenvalue weighted by Gasteiger charge is -2.33. The van der Waals surface area contributed by atoms with Crippen molar-refractivity contribution in [1.29, 1.82) is 0 Å². The summed E-state index contributed by atoms with van der Waals surface area (Å²) in [6, 6.07) is 0. The standard InChI is InChI=1S/C18H33N3O3/c22-17(5-9-19-7-3-1-2-4-8-19)21-10-6-18(23,16-21)15-20-11-13-24-14-12-20/h23H,1-16H2/t18-/m0/s1. The Hall–Kier alpha value is -0.690. The SMILES string of the molecule is O=C(CCN1CCCCCC1)N1CC[C@](O)(CN2CCOCC2)C1. The maximum Gasteiger partial charge on any atom is 0.223 e. The molecular formula is C18H33N3O3. The zero-order valence-electron chi connectivity index (χ0n) is 14.9. The number of hydrogen-bond donors (Lipinski definition) is 1. The molecule has 0 radical (unpaired) electrons. The Morgan fingerprint density at radius 2 is 1.67 bits per heavy atom. The van der Waals surface area contributed by atoms with Crippen LogP contribution in [0.5, 0.6) is 0 Å². The van der Waals surface area contributed by atoms with Crippen molar-refractivity contribution in [3.63, 3.8) is 0 Å². The average Bonchev–Trinajstić information content (AvgIpc) is 2.81. The molecule has 3 rings (SSSR count). The first-order chi connectivity index (χ1) is 11.6. The highest BCUT2D eigenvalue weighted by Crippen LogP contribution is 2.23. The molecule has 0 unspecified atom stereocenters. The number of aliphatic hydroxyl groups is 1. The van der Waals surface area contributed by atoms with E-state index in [9.17, 15) is 9.90 Å². The molecule has 0 aromatic rings. The van der Waals surface area contributed by atoms with Gasteiger partial charge in [0.15, 0.2) is 0 Å². The Kier molecular flexibility index (Phi) is 6.49. The highest BCUT2D eigenvalue weighted by atomic mass is 16.5. The van der Waals surface area contributed by atoms with Crippen LogP contribution in [0.25, 0.3) is 0 Å². The minimum Gasteiger partial charge on any atom is -0.387 e. The van der Waals surface area contributed by atoms with Gasteiger partial charge in [-0.2, -0.15) is 0 Å². The topological polar surface area (TPSA) is 56.2 Å². The smallest absolute Gasteiger partial charge is 0.223 e. The van der Waals surface area contributed by atoms with E-state index in [2.05, 4.69) is 9.80 Å². The zero-order chi connectivity index (χ0) is 16.8. The van der Waals surface area contributed by atoms with Crippen LogP contribution >= 0.6 is 0 Å². The minimum atomic E-state index is -0.740. The average molecular weight is 339 g/mol. The summed E-state index contributed by atoms with van der Waals surface area (Å²) in [5.41, 5.74) is -0.740. The van der Waals surface area contributed by atoms with E-state index in [1.54, 1.807) is 0 Å². The van der Waals surface area contributed by atoms with Crippen LogP contribution in [0.1, 0.15) is 38.5 Å². The normalized spacial score (nSPS) is 30.5. The van der Waals surface area contributed by atoms with Gasteiger partial charge in [0.25, 0.3) is 0 Å². The zero-order valence-corrected chi connectivity index (χ0v) is 14.9. The van der Waals surface area contributed by atoms with Gasteiger partial charge in [-0.25, -0.2) is 0 Å². The fourth-order valence-corrected chi connectivity index (χ4v) is 4.15. The van der Waals surface area contributed by atoms with E-state index < -0.39 is 5.60 Å². The third-order valence-electron chi connectivity index (χ3n) is 5.65. The summed E-state index contributed by atoms with van der Waals surface area (Å²) in [6.07, 6.45) is 6.46. The van der Waals surface area contributed by atoms with E-state index >= 15 is 0 Å². The van der Waals surface area contributed by atoms with Gasteiger partial charge in [0.05, 0.1) is 25.4 Å². The van der Waals surface area contributed by atoms with Gasteiger partial charge in [0.1, 0.15) is 0 Å². The number of rotatable bonds is 5. The van der Waals surface area contributed by atoms with Crippen LogP contribution in [-0.2, 0) is 9.53 Å². The summed E-state index contributed by atoms with van der Waals surface area (Å²) in [7, 11) is 0. The van der Waals surface area contributed by atoms with E-state index in [1.807, 2.05) is 4.90 Å². The summed E-state index contributed by atoms with van der Waals surface area (Å²) in [4.78, 5) is 19.1. The lowest BCUT2D eigenvalue weighted by Crippen LogP contribution is -2.49. The monoisotopic (exact) mass is 339 g/mol. The molecule has 1 atom stereocenters. The molecule has 6 nitrogen and oxygen atoms in total. The molecule has 0 aromatic heterocycles. The second-order valence-electron chi connectivity index (χ2n) is 7.68. The summed E-state index contributed by atoms with van der Waals surface area (Å²) in [5, 5.41) is 10.8. The second kappa shape index (κ2) is 8.61. The molecule has 6 heteroatoms. The maximum atomic E-state index is 12.5. The van der Waals surface area contributed by atoms with E-state index in [0.717, 1.165) is 45.9 Å². The van der Waals surface area contributed by atoms with Crippen LogP contribution in [0.3, 0.4) is 0 Å². The number of β-amino-alcohol motifs (C(OH)–C–C–N with tert-alkyl or cyclic N) is 1. The molecule has 1 amide bonds. The first-order valence-electron chi connectivity index (χ1n) is 9.67. The van der Waals surface area contributed by atoms with Crippen LogP contribution in [0.15, 0.2) is 0 Å². The number of likely N-dealkylation sites (tertiary alicyclic amines) is 2. The number of carbonyl (C=O) groups is 1. The lowest BCUT2D eigenvalue weighted by atomic mass is 10.0. The molecule has 0 spiro atoms. The molecule has 3 saturated heterocycles. The van der Waals surface area contributed by atoms with Crippen molar-refractivity contribution in [2.24, 2.45) is 0 Å². The maximum absolute atomic E-state index is 12.5. The number of nitrogens with zero attached hydrogens (tertiary/aromatic N) is 3. The van der Waals surface area contributed by atoms with Crippen molar-refractivity contribution in [2.45, 2.75) is 44.1 Å². The lowest BCUT2D eigenvalue weighted by molar-refractivity contribution is -0.131. The number of carbonyl (C=O) groups excluding carboxylic acids is 1. The van der Waals surface area contributed by atoms with Gasteiger partial charge >= 0.3 is 0 Å². The van der Waals surface area contributed by atoms with Crippen molar-refractivity contribution in [3.8, 4) is 0 Å². The fourth-order valence-electron chi connectivity index (χ4n) is 4.15. The van der Waals surface area contributed by atoms with E-state index in [-0.39, 0.29) is 5.91 Å². The summed E-state index contributed by atoms with van der Waals surface area (Å²) in [6.45, 7) is 8.23. The Labute approximate surface area is 145 Å². The van der Waals surface area contributed by atoms with Gasteiger partial charge in [0.2, 0.25) is 5.91 Å². The molecule has 3 heterocycles. The summed E-state index contributed by atoms with van der Waals surface area (Å²) in [5.74, 6) is 0.206. The Bertz CT molecular complexity index is 406. The van der Waals surface area contributed by atoms with Gasteiger partial charge in [0, 0.05) is 39.1 Å². The second-order valence-corrected chi connectivity index (χ2v) is 7.68. The molecule has 0 saturated carbocycles.